The number of rotatable bonds is 12. The van der Waals surface area contributed by atoms with Gasteiger partial charge in [-0.25, -0.2) is 9.59 Å². The summed E-state index contributed by atoms with van der Waals surface area (Å²) in [6.45, 7) is 2.78. The van der Waals surface area contributed by atoms with E-state index < -0.39 is 12.1 Å². The summed E-state index contributed by atoms with van der Waals surface area (Å²) in [6, 6.07) is 0. The van der Waals surface area contributed by atoms with Gasteiger partial charge in [-0.05, 0) is 38.0 Å². The number of hydrogen-bond donors (Lipinski definition) is 3. The molecule has 8 heteroatoms. The lowest BCUT2D eigenvalue weighted by Gasteiger charge is -2.27. The summed E-state index contributed by atoms with van der Waals surface area (Å²) in [4.78, 5) is 33.9. The van der Waals surface area contributed by atoms with Crippen LogP contribution in [0.25, 0.3) is 0 Å². The molecule has 0 aromatic carbocycles. The Morgan fingerprint density at radius 1 is 1.10 bits per heavy atom. The van der Waals surface area contributed by atoms with Crippen molar-refractivity contribution in [3.63, 3.8) is 0 Å². The van der Waals surface area contributed by atoms with Gasteiger partial charge in [-0.2, -0.15) is 0 Å². The lowest BCUT2D eigenvalue weighted by Crippen LogP contribution is -2.40. The Morgan fingerprint density at radius 2 is 1.86 bits per heavy atom. The number of carbonyl (C=O) groups excluding carboxylic acids is 2. The van der Waals surface area contributed by atoms with Crippen molar-refractivity contribution in [1.29, 1.82) is 0 Å². The van der Waals surface area contributed by atoms with Gasteiger partial charge in [0.15, 0.2) is 6.61 Å². The average molecular weight is 408 g/mol. The molecular weight excluding hydrogens is 376 g/mol. The van der Waals surface area contributed by atoms with E-state index in [1.807, 2.05) is 13.0 Å². The maximum Gasteiger partial charge on any atom is 0.407 e. The van der Waals surface area contributed by atoms with Gasteiger partial charge in [-0.15, -0.1) is 0 Å². The number of carbonyl (C=O) groups is 3. The first kappa shape index (κ1) is 22.9. The number of alkyl carbamates (subject to hydrolysis) is 1. The van der Waals surface area contributed by atoms with Gasteiger partial charge in [-0.3, -0.25) is 4.79 Å². The minimum atomic E-state index is -0.946. The summed E-state index contributed by atoms with van der Waals surface area (Å²) in [5, 5.41) is 14.0. The Bertz CT molecular complexity index is 618. The van der Waals surface area contributed by atoms with E-state index in [-0.39, 0.29) is 30.6 Å². The number of amides is 2. The van der Waals surface area contributed by atoms with E-state index in [1.54, 1.807) is 6.08 Å². The van der Waals surface area contributed by atoms with Crippen molar-refractivity contribution in [1.82, 2.24) is 10.6 Å². The monoisotopic (exact) mass is 408 g/mol. The summed E-state index contributed by atoms with van der Waals surface area (Å²) in [7, 11) is 0. The lowest BCUT2D eigenvalue weighted by atomic mass is 9.77. The highest BCUT2D eigenvalue weighted by molar-refractivity contribution is 5.80. The number of fused-ring (bicyclic) bond motifs is 2. The van der Waals surface area contributed by atoms with Crippen LogP contribution in [0, 0.1) is 11.8 Å². The van der Waals surface area contributed by atoms with Crippen LogP contribution in [0.15, 0.2) is 24.3 Å². The van der Waals surface area contributed by atoms with Crippen LogP contribution in [-0.2, 0) is 19.1 Å². The highest BCUT2D eigenvalue weighted by Gasteiger charge is 2.47. The Hall–Kier alpha value is -2.35. The quantitative estimate of drug-likeness (QED) is 0.260. The van der Waals surface area contributed by atoms with Crippen LogP contribution < -0.4 is 10.6 Å². The molecular formula is C21H32N2O6. The summed E-state index contributed by atoms with van der Waals surface area (Å²) in [5.41, 5.74) is 0. The van der Waals surface area contributed by atoms with Crippen LogP contribution in [0.4, 0.5) is 4.79 Å². The van der Waals surface area contributed by atoms with E-state index in [2.05, 4.69) is 16.7 Å². The molecule has 2 saturated heterocycles. The van der Waals surface area contributed by atoms with Gasteiger partial charge in [0.1, 0.15) is 0 Å². The lowest BCUT2D eigenvalue weighted by molar-refractivity contribution is -0.131. The molecule has 0 aliphatic carbocycles. The number of carboxylic acid groups (broad SMARTS) is 1. The van der Waals surface area contributed by atoms with Crippen LogP contribution in [0.1, 0.15) is 45.4 Å². The summed E-state index contributed by atoms with van der Waals surface area (Å²) in [6.07, 6.45) is 11.8. The number of nitrogens with one attached hydrogen (secondary N) is 2. The predicted octanol–water partition coefficient (Wildman–Crippen LogP) is 2.40. The smallest absolute Gasteiger partial charge is 0.407 e. The highest BCUT2D eigenvalue weighted by atomic mass is 16.6. The minimum Gasteiger partial charge on any atom is -0.478 e. The van der Waals surface area contributed by atoms with E-state index in [1.165, 1.54) is 0 Å². The summed E-state index contributed by atoms with van der Waals surface area (Å²) in [5.74, 6) is -0.702. The number of aliphatic carboxylic acids is 1. The van der Waals surface area contributed by atoms with Crippen molar-refractivity contribution >= 4 is 18.0 Å². The number of hydrogen-bond acceptors (Lipinski definition) is 5. The Labute approximate surface area is 171 Å². The van der Waals surface area contributed by atoms with E-state index in [0.29, 0.717) is 25.4 Å². The van der Waals surface area contributed by atoms with Gasteiger partial charge in [0.05, 0.1) is 12.2 Å². The van der Waals surface area contributed by atoms with Crippen LogP contribution in [0.3, 0.4) is 0 Å². The van der Waals surface area contributed by atoms with Gasteiger partial charge in [0.2, 0.25) is 0 Å². The van der Waals surface area contributed by atoms with Crippen molar-refractivity contribution in [3.05, 3.63) is 24.3 Å². The van der Waals surface area contributed by atoms with Crippen molar-refractivity contribution in [2.75, 3.05) is 19.7 Å². The zero-order valence-corrected chi connectivity index (χ0v) is 17.0. The fourth-order valence-electron chi connectivity index (χ4n) is 3.91. The molecule has 2 bridgehead atoms. The standard InChI is InChI=1S/C21H32N2O6/c1-2-3-12-22-21(27)28-14-19(24)23-13-16-15(17-10-11-18(16)29-17)8-6-4-5-7-9-20(25)26/h4,6-7,9,15-18H,2-3,5,8,10-14H2,1H3,(H,22,27)(H,23,24)(H,25,26)/t15-,16+,17-,18+/m1/s1. The van der Waals surface area contributed by atoms with Gasteiger partial charge in [-0.1, -0.05) is 31.6 Å². The topological polar surface area (TPSA) is 114 Å². The maximum absolute atomic E-state index is 12.0. The molecule has 0 spiro atoms. The van der Waals surface area contributed by atoms with Gasteiger partial charge >= 0.3 is 12.1 Å². The van der Waals surface area contributed by atoms with Crippen molar-refractivity contribution in [3.8, 4) is 0 Å². The molecule has 2 amide bonds. The number of carboxylic acids is 1. The Morgan fingerprint density at radius 3 is 2.59 bits per heavy atom. The number of ether oxygens (including phenoxy) is 2. The Balaban J connectivity index is 1.70. The maximum atomic E-state index is 12.0. The molecule has 0 aromatic heterocycles. The molecule has 0 unspecified atom stereocenters. The van der Waals surface area contributed by atoms with E-state index >= 15 is 0 Å². The fourth-order valence-corrected chi connectivity index (χ4v) is 3.91. The van der Waals surface area contributed by atoms with Crippen molar-refractivity contribution in [2.24, 2.45) is 11.8 Å². The van der Waals surface area contributed by atoms with E-state index in [4.69, 9.17) is 14.6 Å². The molecule has 0 radical (unpaired) electrons. The second-order valence-electron chi connectivity index (χ2n) is 7.46. The predicted molar refractivity (Wildman–Crippen MR) is 107 cm³/mol. The van der Waals surface area contributed by atoms with E-state index in [9.17, 15) is 14.4 Å². The molecule has 162 valence electrons. The third-order valence-corrected chi connectivity index (χ3v) is 5.37. The fraction of sp³-hybridized carbons (Fsp3) is 0.667. The van der Waals surface area contributed by atoms with Crippen LogP contribution in [-0.4, -0.2) is 55.0 Å². The first-order chi connectivity index (χ1) is 14.0. The van der Waals surface area contributed by atoms with E-state index in [0.717, 1.165) is 38.2 Å². The molecule has 2 heterocycles. The normalized spacial score (nSPS) is 25.6. The molecule has 0 saturated carbocycles. The SMILES string of the molecule is CCCCNC(=O)OCC(=O)NC[C@H]1[C@@H](CC=CCC=CC(=O)O)[C@H]2CC[C@@H]1O2. The zero-order chi connectivity index (χ0) is 21.1. The van der Waals surface area contributed by atoms with Crippen LogP contribution >= 0.6 is 0 Å². The van der Waals surface area contributed by atoms with Crippen molar-refractivity contribution < 1.29 is 29.0 Å². The minimum absolute atomic E-state index is 0.156. The molecule has 29 heavy (non-hydrogen) atoms. The molecule has 3 N–H and O–H groups in total. The third kappa shape index (κ3) is 7.89. The molecule has 8 nitrogen and oxygen atoms in total. The molecule has 2 aliphatic heterocycles. The second-order valence-corrected chi connectivity index (χ2v) is 7.46. The number of allylic oxidation sites excluding steroid dienone is 3. The largest absolute Gasteiger partial charge is 0.478 e. The van der Waals surface area contributed by atoms with Gasteiger partial charge < -0.3 is 25.2 Å². The second kappa shape index (κ2) is 12.3. The third-order valence-electron chi connectivity index (χ3n) is 5.37. The number of unbranched alkanes of at least 4 members (excludes halogenated alkanes) is 1. The Kier molecular flexibility index (Phi) is 9.70. The van der Waals surface area contributed by atoms with Gasteiger partial charge in [0, 0.05) is 25.1 Å². The summed E-state index contributed by atoms with van der Waals surface area (Å²) < 4.78 is 10.9. The molecule has 2 rings (SSSR count). The first-order valence-electron chi connectivity index (χ1n) is 10.4. The highest BCUT2D eigenvalue weighted by Crippen LogP contribution is 2.44. The van der Waals surface area contributed by atoms with Crippen LogP contribution in [0.5, 0.6) is 0 Å². The summed E-state index contributed by atoms with van der Waals surface area (Å²) >= 11 is 0. The van der Waals surface area contributed by atoms with Crippen LogP contribution in [0.2, 0.25) is 0 Å². The molecule has 2 aliphatic rings. The molecule has 0 aromatic rings. The van der Waals surface area contributed by atoms with Crippen molar-refractivity contribution in [2.45, 2.75) is 57.7 Å². The zero-order valence-electron chi connectivity index (χ0n) is 17.0. The average Bonchev–Trinajstić information content (AvgIpc) is 3.29. The van der Waals surface area contributed by atoms with Gasteiger partial charge in [0.25, 0.3) is 5.91 Å². The molecule has 4 atom stereocenters. The molecule has 2 fully saturated rings. The first-order valence-corrected chi connectivity index (χ1v) is 10.4.